The zero-order chi connectivity index (χ0) is 11.0. The van der Waals surface area contributed by atoms with Gasteiger partial charge < -0.3 is 9.88 Å². The number of aromatic nitrogens is 1. The Kier molecular flexibility index (Phi) is 2.03. The van der Waals surface area contributed by atoms with Crippen LogP contribution in [-0.2, 0) is 0 Å². The molecule has 1 aliphatic heterocycles. The second kappa shape index (κ2) is 3.52. The van der Waals surface area contributed by atoms with Crippen LogP contribution in [0.25, 0.3) is 0 Å². The fourth-order valence-corrected chi connectivity index (χ4v) is 2.19. The lowest BCUT2D eigenvalue weighted by molar-refractivity contribution is 0.0921. The summed E-state index contributed by atoms with van der Waals surface area (Å²) in [6, 6.07) is 14.2. The molecule has 80 valence electrons. The molecule has 0 spiro atoms. The van der Waals surface area contributed by atoms with Gasteiger partial charge in [0.1, 0.15) is 5.69 Å². The number of hydrogen-bond acceptors (Lipinski definition) is 1. The fourth-order valence-electron chi connectivity index (χ4n) is 2.19. The zero-order valence-electron chi connectivity index (χ0n) is 8.76. The van der Waals surface area contributed by atoms with Crippen LogP contribution in [0, 0.1) is 0 Å². The molecule has 0 fully saturated rings. The molecule has 2 heterocycles. The van der Waals surface area contributed by atoms with E-state index in [2.05, 4.69) is 17.4 Å². The van der Waals surface area contributed by atoms with E-state index in [0.29, 0.717) is 6.54 Å². The van der Waals surface area contributed by atoms with E-state index in [1.54, 1.807) is 0 Å². The highest BCUT2D eigenvalue weighted by Gasteiger charge is 2.24. The highest BCUT2D eigenvalue weighted by Crippen LogP contribution is 2.23. The molecule has 0 unspecified atom stereocenters. The van der Waals surface area contributed by atoms with Crippen molar-refractivity contribution in [2.24, 2.45) is 0 Å². The van der Waals surface area contributed by atoms with Gasteiger partial charge in [-0.05, 0) is 17.7 Å². The van der Waals surface area contributed by atoms with E-state index in [1.807, 2.05) is 41.1 Å². The maximum atomic E-state index is 11.6. The van der Waals surface area contributed by atoms with Gasteiger partial charge in [-0.3, -0.25) is 4.79 Å². The molecule has 1 aliphatic rings. The quantitative estimate of drug-likeness (QED) is 0.768. The molecule has 3 nitrogen and oxygen atoms in total. The van der Waals surface area contributed by atoms with Crippen LogP contribution in [0.2, 0.25) is 0 Å². The van der Waals surface area contributed by atoms with Crippen molar-refractivity contribution in [3.05, 3.63) is 59.9 Å². The van der Waals surface area contributed by atoms with Crippen molar-refractivity contribution in [3.63, 3.8) is 0 Å². The molecule has 3 heteroatoms. The van der Waals surface area contributed by atoms with Crippen LogP contribution in [0.1, 0.15) is 22.1 Å². The van der Waals surface area contributed by atoms with Crippen LogP contribution in [0.5, 0.6) is 0 Å². The molecule has 0 radical (unpaired) electrons. The Morgan fingerprint density at radius 3 is 2.75 bits per heavy atom. The topological polar surface area (TPSA) is 34.0 Å². The minimum atomic E-state index is 0.0113. The van der Waals surface area contributed by atoms with Crippen LogP contribution < -0.4 is 5.32 Å². The van der Waals surface area contributed by atoms with Gasteiger partial charge in [0, 0.05) is 12.7 Å². The number of hydrogen-bond donors (Lipinski definition) is 1. The van der Waals surface area contributed by atoms with Gasteiger partial charge in [0.15, 0.2) is 0 Å². The molecule has 1 aromatic carbocycles. The van der Waals surface area contributed by atoms with Crippen molar-refractivity contribution < 1.29 is 4.79 Å². The van der Waals surface area contributed by atoms with E-state index < -0.39 is 0 Å². The number of amides is 1. The lowest BCUT2D eigenvalue weighted by Gasteiger charge is -2.26. The third-order valence-corrected chi connectivity index (χ3v) is 2.99. The fraction of sp³-hybridized carbons (Fsp3) is 0.154. The van der Waals surface area contributed by atoms with Crippen LogP contribution >= 0.6 is 0 Å². The SMILES string of the molecule is O=C1NC[C@@H](c2ccccc2)n2cccc21. The molecule has 3 rings (SSSR count). The van der Waals surface area contributed by atoms with E-state index in [4.69, 9.17) is 0 Å². The molecule has 1 amide bonds. The number of rotatable bonds is 1. The third-order valence-electron chi connectivity index (χ3n) is 2.99. The average Bonchev–Trinajstić information content (AvgIpc) is 2.81. The first kappa shape index (κ1) is 9.21. The minimum absolute atomic E-state index is 0.0113. The van der Waals surface area contributed by atoms with Crippen LogP contribution in [0.4, 0.5) is 0 Å². The number of benzene rings is 1. The summed E-state index contributed by atoms with van der Waals surface area (Å²) < 4.78 is 2.04. The number of carbonyl (C=O) groups is 1. The smallest absolute Gasteiger partial charge is 0.268 e. The van der Waals surface area contributed by atoms with Crippen molar-refractivity contribution in [1.29, 1.82) is 0 Å². The summed E-state index contributed by atoms with van der Waals surface area (Å²) in [5, 5.41) is 2.91. The molecule has 16 heavy (non-hydrogen) atoms. The van der Waals surface area contributed by atoms with E-state index in [1.165, 1.54) is 5.56 Å². The van der Waals surface area contributed by atoms with Crippen molar-refractivity contribution in [3.8, 4) is 0 Å². The second-order valence-corrected chi connectivity index (χ2v) is 3.94. The van der Waals surface area contributed by atoms with Gasteiger partial charge in [-0.25, -0.2) is 0 Å². The van der Waals surface area contributed by atoms with Crippen molar-refractivity contribution in [2.45, 2.75) is 6.04 Å². The van der Waals surface area contributed by atoms with Gasteiger partial charge in [0.25, 0.3) is 5.91 Å². The molecule has 0 aliphatic carbocycles. The molecule has 1 atom stereocenters. The highest BCUT2D eigenvalue weighted by molar-refractivity contribution is 5.93. The van der Waals surface area contributed by atoms with Gasteiger partial charge in [-0.2, -0.15) is 0 Å². The van der Waals surface area contributed by atoms with Crippen molar-refractivity contribution >= 4 is 5.91 Å². The molecule has 0 saturated heterocycles. The number of nitrogens with one attached hydrogen (secondary N) is 1. The molecule has 1 aromatic heterocycles. The monoisotopic (exact) mass is 212 g/mol. The molecule has 0 saturated carbocycles. The first-order chi connectivity index (χ1) is 7.86. The predicted molar refractivity (Wildman–Crippen MR) is 61.3 cm³/mol. The Morgan fingerprint density at radius 1 is 1.12 bits per heavy atom. The van der Waals surface area contributed by atoms with Crippen LogP contribution in [0.15, 0.2) is 48.7 Å². The summed E-state index contributed by atoms with van der Waals surface area (Å²) in [5.41, 5.74) is 1.96. The molecule has 0 bridgehead atoms. The Hall–Kier alpha value is -2.03. The molecular weight excluding hydrogens is 200 g/mol. The van der Waals surface area contributed by atoms with E-state index in [0.717, 1.165) is 5.69 Å². The standard InChI is InChI=1S/C13H12N2O/c16-13-11-7-4-8-15(11)12(9-14-13)10-5-2-1-3-6-10/h1-8,12H,9H2,(H,14,16)/t12-/m0/s1. The van der Waals surface area contributed by atoms with Gasteiger partial charge in [0.2, 0.25) is 0 Å². The van der Waals surface area contributed by atoms with Gasteiger partial charge in [-0.1, -0.05) is 30.3 Å². The van der Waals surface area contributed by atoms with Crippen LogP contribution in [0.3, 0.4) is 0 Å². The second-order valence-electron chi connectivity index (χ2n) is 3.94. The van der Waals surface area contributed by atoms with E-state index >= 15 is 0 Å². The van der Waals surface area contributed by atoms with E-state index in [-0.39, 0.29) is 11.9 Å². The lowest BCUT2D eigenvalue weighted by Crippen LogP contribution is -2.38. The highest BCUT2D eigenvalue weighted by atomic mass is 16.2. The van der Waals surface area contributed by atoms with Gasteiger partial charge in [0.05, 0.1) is 6.04 Å². The summed E-state index contributed by atoms with van der Waals surface area (Å²) in [5.74, 6) is 0.0113. The number of fused-ring (bicyclic) bond motifs is 1. The summed E-state index contributed by atoms with van der Waals surface area (Å²) in [7, 11) is 0. The molecule has 1 N–H and O–H groups in total. The predicted octanol–water partition coefficient (Wildman–Crippen LogP) is 1.82. The third kappa shape index (κ3) is 1.33. The normalized spacial score (nSPS) is 19.0. The number of carbonyl (C=O) groups excluding carboxylic acids is 1. The first-order valence-corrected chi connectivity index (χ1v) is 5.36. The summed E-state index contributed by atoms with van der Waals surface area (Å²) in [6.45, 7) is 0.657. The van der Waals surface area contributed by atoms with Gasteiger partial charge in [-0.15, -0.1) is 0 Å². The summed E-state index contributed by atoms with van der Waals surface area (Å²) >= 11 is 0. The lowest BCUT2D eigenvalue weighted by atomic mass is 10.0. The Bertz CT molecular complexity index is 516. The Morgan fingerprint density at radius 2 is 1.94 bits per heavy atom. The summed E-state index contributed by atoms with van der Waals surface area (Å²) in [6.07, 6.45) is 1.96. The number of nitrogens with zero attached hydrogens (tertiary/aromatic N) is 1. The maximum absolute atomic E-state index is 11.6. The molecular formula is C13H12N2O. The largest absolute Gasteiger partial charge is 0.348 e. The Balaban J connectivity index is 2.07. The van der Waals surface area contributed by atoms with Crippen molar-refractivity contribution in [1.82, 2.24) is 9.88 Å². The summed E-state index contributed by atoms with van der Waals surface area (Å²) in [4.78, 5) is 11.6. The van der Waals surface area contributed by atoms with Gasteiger partial charge >= 0.3 is 0 Å². The van der Waals surface area contributed by atoms with E-state index in [9.17, 15) is 4.79 Å². The first-order valence-electron chi connectivity index (χ1n) is 5.36. The molecule has 2 aromatic rings. The van der Waals surface area contributed by atoms with Crippen molar-refractivity contribution in [2.75, 3.05) is 6.54 Å². The Labute approximate surface area is 93.7 Å². The maximum Gasteiger partial charge on any atom is 0.268 e. The average molecular weight is 212 g/mol. The minimum Gasteiger partial charge on any atom is -0.348 e. The van der Waals surface area contributed by atoms with Crippen LogP contribution in [-0.4, -0.2) is 17.0 Å². The zero-order valence-corrected chi connectivity index (χ0v) is 8.76.